The van der Waals surface area contributed by atoms with Gasteiger partial charge in [-0.3, -0.25) is 4.79 Å². The fourth-order valence-electron chi connectivity index (χ4n) is 3.52. The molecule has 2 heterocycles. The number of nitrogens with one attached hydrogen (secondary N) is 1. The van der Waals surface area contributed by atoms with Gasteiger partial charge in [0.15, 0.2) is 0 Å². The van der Waals surface area contributed by atoms with Gasteiger partial charge < -0.3 is 20.1 Å². The molecule has 0 radical (unpaired) electrons. The van der Waals surface area contributed by atoms with Gasteiger partial charge in [0, 0.05) is 26.1 Å². The van der Waals surface area contributed by atoms with E-state index in [4.69, 9.17) is 4.74 Å². The van der Waals surface area contributed by atoms with E-state index in [1.807, 2.05) is 19.1 Å². The van der Waals surface area contributed by atoms with E-state index in [-0.39, 0.29) is 11.9 Å². The van der Waals surface area contributed by atoms with Gasteiger partial charge in [0.1, 0.15) is 5.75 Å². The third-order valence-corrected chi connectivity index (χ3v) is 4.74. The van der Waals surface area contributed by atoms with Crippen LogP contribution >= 0.6 is 0 Å². The lowest BCUT2D eigenvalue weighted by molar-refractivity contribution is -0.143. The van der Waals surface area contributed by atoms with Gasteiger partial charge in [-0.05, 0) is 36.0 Å². The molecule has 6 heteroatoms. The first-order valence-corrected chi connectivity index (χ1v) is 8.53. The van der Waals surface area contributed by atoms with Crippen LogP contribution in [-0.2, 0) is 17.6 Å². The van der Waals surface area contributed by atoms with Crippen LogP contribution in [-0.4, -0.2) is 48.2 Å². The summed E-state index contributed by atoms with van der Waals surface area (Å²) in [5, 5.41) is 12.1. The number of carbonyl (C=O) groups excluding carboxylic acids is 1. The lowest BCUT2D eigenvalue weighted by atomic mass is 9.91. The minimum atomic E-state index is -0.820. The summed E-state index contributed by atoms with van der Waals surface area (Å²) in [5.41, 5.74) is 2.41. The Morgan fingerprint density at radius 3 is 3.00 bits per heavy atom. The van der Waals surface area contributed by atoms with E-state index < -0.39 is 11.9 Å². The number of nitrogens with zero attached hydrogens (tertiary/aromatic N) is 1. The summed E-state index contributed by atoms with van der Waals surface area (Å²) >= 11 is 0. The van der Waals surface area contributed by atoms with Gasteiger partial charge in [0.2, 0.25) is 0 Å². The second kappa shape index (κ2) is 7.11. The normalized spacial score (nSPS) is 22.6. The molecule has 130 valence electrons. The monoisotopic (exact) mass is 332 g/mol. The van der Waals surface area contributed by atoms with Crippen molar-refractivity contribution in [1.29, 1.82) is 0 Å². The molecule has 0 saturated carbocycles. The molecule has 24 heavy (non-hydrogen) atoms. The number of benzene rings is 1. The summed E-state index contributed by atoms with van der Waals surface area (Å²) in [4.78, 5) is 25.1. The Kier molecular flexibility index (Phi) is 4.92. The van der Waals surface area contributed by atoms with Crippen molar-refractivity contribution in [3.8, 4) is 5.75 Å². The van der Waals surface area contributed by atoms with Crippen molar-refractivity contribution in [3.05, 3.63) is 29.3 Å². The first kappa shape index (κ1) is 16.6. The second-order valence-electron chi connectivity index (χ2n) is 6.80. The summed E-state index contributed by atoms with van der Waals surface area (Å²) in [7, 11) is 0. The maximum Gasteiger partial charge on any atom is 0.317 e. The zero-order chi connectivity index (χ0) is 17.1. The Hall–Kier alpha value is -2.24. The molecule has 2 aliphatic rings. The summed E-state index contributed by atoms with van der Waals surface area (Å²) in [6.45, 7) is 4.18. The Morgan fingerprint density at radius 1 is 1.38 bits per heavy atom. The smallest absolute Gasteiger partial charge is 0.317 e. The summed E-state index contributed by atoms with van der Waals surface area (Å²) < 4.78 is 5.49. The van der Waals surface area contributed by atoms with Crippen LogP contribution in [0.25, 0.3) is 0 Å². The molecule has 6 nitrogen and oxygen atoms in total. The Bertz CT molecular complexity index is 631. The molecule has 0 bridgehead atoms. The molecule has 1 saturated heterocycles. The molecule has 0 aliphatic carbocycles. The highest BCUT2D eigenvalue weighted by Crippen LogP contribution is 2.26. The standard InChI is InChI=1S/C18H24N2O4/c1-12-8-15(17(21)22)11-20(10-12)18(23)19-6-4-13-2-3-16-14(9-13)5-7-24-16/h2-3,9,12,15H,4-8,10-11H2,1H3,(H,19,23)(H,21,22). The van der Waals surface area contributed by atoms with Gasteiger partial charge in [-0.25, -0.2) is 4.79 Å². The van der Waals surface area contributed by atoms with Gasteiger partial charge in [0.25, 0.3) is 0 Å². The van der Waals surface area contributed by atoms with Gasteiger partial charge in [0.05, 0.1) is 12.5 Å². The van der Waals surface area contributed by atoms with Crippen molar-refractivity contribution in [2.45, 2.75) is 26.2 Å². The molecule has 2 N–H and O–H groups in total. The van der Waals surface area contributed by atoms with Gasteiger partial charge in [-0.15, -0.1) is 0 Å². The summed E-state index contributed by atoms with van der Waals surface area (Å²) in [5.74, 6) is -0.108. The fraction of sp³-hybridized carbons (Fsp3) is 0.556. The number of piperidine rings is 1. The minimum absolute atomic E-state index is 0.169. The van der Waals surface area contributed by atoms with Crippen molar-refractivity contribution in [2.24, 2.45) is 11.8 Å². The van der Waals surface area contributed by atoms with Crippen molar-refractivity contribution in [1.82, 2.24) is 10.2 Å². The quantitative estimate of drug-likeness (QED) is 0.883. The zero-order valence-corrected chi connectivity index (χ0v) is 14.0. The van der Waals surface area contributed by atoms with E-state index in [0.717, 1.165) is 25.2 Å². The van der Waals surface area contributed by atoms with Gasteiger partial charge in [-0.2, -0.15) is 0 Å². The fourth-order valence-corrected chi connectivity index (χ4v) is 3.52. The highest BCUT2D eigenvalue weighted by Gasteiger charge is 2.31. The average Bonchev–Trinajstić information content (AvgIpc) is 3.01. The molecular formula is C18H24N2O4. The predicted molar refractivity (Wildman–Crippen MR) is 89.2 cm³/mol. The molecule has 2 amide bonds. The Balaban J connectivity index is 1.49. The number of likely N-dealkylation sites (tertiary alicyclic amines) is 1. The summed E-state index contributed by atoms with van der Waals surface area (Å²) in [6, 6.07) is 5.98. The first-order chi connectivity index (χ1) is 11.5. The third-order valence-electron chi connectivity index (χ3n) is 4.74. The van der Waals surface area contributed by atoms with Crippen molar-refractivity contribution < 1.29 is 19.4 Å². The number of hydrogen-bond donors (Lipinski definition) is 2. The number of urea groups is 1. The largest absolute Gasteiger partial charge is 0.493 e. The van der Waals surface area contributed by atoms with E-state index >= 15 is 0 Å². The van der Waals surface area contributed by atoms with Gasteiger partial charge in [-0.1, -0.05) is 19.1 Å². The lowest BCUT2D eigenvalue weighted by Gasteiger charge is -2.34. The molecule has 3 rings (SSSR count). The number of carboxylic acids is 1. The third kappa shape index (κ3) is 3.80. The van der Waals surface area contributed by atoms with Crippen LogP contribution in [0.3, 0.4) is 0 Å². The van der Waals surface area contributed by atoms with E-state index in [2.05, 4.69) is 11.4 Å². The number of amides is 2. The molecule has 1 aromatic carbocycles. The maximum atomic E-state index is 12.3. The van der Waals surface area contributed by atoms with Crippen LogP contribution in [0, 0.1) is 11.8 Å². The minimum Gasteiger partial charge on any atom is -0.493 e. The molecule has 0 spiro atoms. The van der Waals surface area contributed by atoms with Crippen LogP contribution < -0.4 is 10.1 Å². The predicted octanol–water partition coefficient (Wildman–Crippen LogP) is 1.92. The number of carboxylic acid groups (broad SMARTS) is 1. The first-order valence-electron chi connectivity index (χ1n) is 8.53. The number of ether oxygens (including phenoxy) is 1. The average molecular weight is 332 g/mol. The molecule has 2 unspecified atom stereocenters. The molecule has 2 atom stereocenters. The number of rotatable bonds is 4. The van der Waals surface area contributed by atoms with Crippen LogP contribution in [0.1, 0.15) is 24.5 Å². The number of fused-ring (bicyclic) bond motifs is 1. The zero-order valence-electron chi connectivity index (χ0n) is 14.0. The number of carbonyl (C=O) groups is 2. The van der Waals surface area contributed by atoms with Crippen molar-refractivity contribution in [2.75, 3.05) is 26.2 Å². The van der Waals surface area contributed by atoms with Crippen LogP contribution in [0.15, 0.2) is 18.2 Å². The molecular weight excluding hydrogens is 308 g/mol. The van der Waals surface area contributed by atoms with Crippen LogP contribution in [0.4, 0.5) is 4.79 Å². The van der Waals surface area contributed by atoms with Crippen molar-refractivity contribution in [3.63, 3.8) is 0 Å². The SMILES string of the molecule is CC1CC(C(=O)O)CN(C(=O)NCCc2ccc3c(c2)CCO3)C1. The van der Waals surface area contributed by atoms with E-state index in [1.165, 1.54) is 11.1 Å². The molecule has 0 aromatic heterocycles. The van der Waals surface area contributed by atoms with Gasteiger partial charge >= 0.3 is 12.0 Å². The topological polar surface area (TPSA) is 78.9 Å². The number of aliphatic carboxylic acids is 1. The summed E-state index contributed by atoms with van der Waals surface area (Å²) in [6.07, 6.45) is 2.33. The Labute approximate surface area is 141 Å². The number of hydrogen-bond acceptors (Lipinski definition) is 3. The van der Waals surface area contributed by atoms with E-state index in [0.29, 0.717) is 26.1 Å². The van der Waals surface area contributed by atoms with Crippen LogP contribution in [0.5, 0.6) is 5.75 Å². The van der Waals surface area contributed by atoms with E-state index in [1.54, 1.807) is 4.90 Å². The molecule has 1 aromatic rings. The van der Waals surface area contributed by atoms with Crippen LogP contribution in [0.2, 0.25) is 0 Å². The second-order valence-corrected chi connectivity index (χ2v) is 6.80. The maximum absolute atomic E-state index is 12.3. The highest BCUT2D eigenvalue weighted by molar-refractivity contribution is 5.76. The lowest BCUT2D eigenvalue weighted by Crippen LogP contribution is -2.49. The highest BCUT2D eigenvalue weighted by atomic mass is 16.5. The Morgan fingerprint density at radius 2 is 2.21 bits per heavy atom. The van der Waals surface area contributed by atoms with Crippen molar-refractivity contribution >= 4 is 12.0 Å². The molecule has 2 aliphatic heterocycles. The molecule has 1 fully saturated rings. The van der Waals surface area contributed by atoms with E-state index in [9.17, 15) is 14.7 Å².